The minimum atomic E-state index is -3.46. The fraction of sp³-hybridized carbons (Fsp3) is 0.615. The molecule has 2 saturated heterocycles. The maximum Gasteiger partial charge on any atom is 0.262 e. The topological polar surface area (TPSA) is 58.4 Å². The summed E-state index contributed by atoms with van der Waals surface area (Å²) in [5.74, 6) is 0. The van der Waals surface area contributed by atoms with E-state index in [1.807, 2.05) is 6.08 Å². The number of fused-ring (bicyclic) bond motifs is 1. The fourth-order valence-electron chi connectivity index (χ4n) is 3.37. The van der Waals surface area contributed by atoms with Crippen LogP contribution in [0.5, 0.6) is 0 Å². The van der Waals surface area contributed by atoms with E-state index in [2.05, 4.69) is 16.5 Å². The predicted molar refractivity (Wildman–Crippen MR) is 75.7 cm³/mol. The molecule has 1 aromatic heterocycles. The molecule has 0 radical (unpaired) electrons. The maximum atomic E-state index is 12.7. The Labute approximate surface area is 119 Å². The third-order valence-electron chi connectivity index (χ3n) is 4.26. The van der Waals surface area contributed by atoms with Gasteiger partial charge < -0.3 is 4.57 Å². The lowest BCUT2D eigenvalue weighted by atomic mass is 10.1. The third-order valence-corrected chi connectivity index (χ3v) is 6.07. The van der Waals surface area contributed by atoms with E-state index in [-0.39, 0.29) is 11.1 Å². The van der Waals surface area contributed by atoms with Crippen LogP contribution in [0, 0.1) is 0 Å². The van der Waals surface area contributed by atoms with Gasteiger partial charge in [-0.3, -0.25) is 4.90 Å². The van der Waals surface area contributed by atoms with Gasteiger partial charge in [0.2, 0.25) is 0 Å². The molecule has 0 N–H and O–H groups in total. The molecule has 0 saturated carbocycles. The molecule has 3 rings (SSSR count). The molecule has 2 aliphatic heterocycles. The highest BCUT2D eigenvalue weighted by Gasteiger charge is 2.47. The van der Waals surface area contributed by atoms with Gasteiger partial charge in [0.05, 0.1) is 6.33 Å². The van der Waals surface area contributed by atoms with Crippen LogP contribution in [0.1, 0.15) is 12.8 Å². The SMILES string of the molecule is C=CCN1CC[C@H]2[C@H]1CCN2S(=O)(=O)c1cn(C)cn1. The molecular formula is C13H20N4O2S. The van der Waals surface area contributed by atoms with E-state index in [0.717, 1.165) is 25.9 Å². The van der Waals surface area contributed by atoms with E-state index in [1.165, 1.54) is 6.33 Å². The van der Waals surface area contributed by atoms with Crippen molar-refractivity contribution < 1.29 is 8.42 Å². The Morgan fingerprint density at radius 2 is 2.15 bits per heavy atom. The summed E-state index contributed by atoms with van der Waals surface area (Å²) >= 11 is 0. The molecule has 2 atom stereocenters. The number of aromatic nitrogens is 2. The smallest absolute Gasteiger partial charge is 0.262 e. The van der Waals surface area contributed by atoms with E-state index in [4.69, 9.17) is 0 Å². The molecule has 0 bridgehead atoms. The highest BCUT2D eigenvalue weighted by molar-refractivity contribution is 7.89. The highest BCUT2D eigenvalue weighted by atomic mass is 32.2. The normalized spacial score (nSPS) is 27.9. The Morgan fingerprint density at radius 1 is 1.40 bits per heavy atom. The second-order valence-electron chi connectivity index (χ2n) is 5.49. The van der Waals surface area contributed by atoms with E-state index in [9.17, 15) is 8.42 Å². The van der Waals surface area contributed by atoms with Crippen LogP contribution in [0.25, 0.3) is 0 Å². The molecule has 7 heteroatoms. The number of likely N-dealkylation sites (tertiary alicyclic amines) is 1. The summed E-state index contributed by atoms with van der Waals surface area (Å²) in [5.41, 5.74) is 0. The third kappa shape index (κ3) is 2.10. The van der Waals surface area contributed by atoms with Gasteiger partial charge in [-0.05, 0) is 12.8 Å². The molecule has 0 aromatic carbocycles. The zero-order valence-electron chi connectivity index (χ0n) is 11.6. The zero-order valence-corrected chi connectivity index (χ0v) is 12.5. The first-order chi connectivity index (χ1) is 9.54. The summed E-state index contributed by atoms with van der Waals surface area (Å²) in [5, 5.41) is 0.155. The molecule has 20 heavy (non-hydrogen) atoms. The lowest BCUT2D eigenvalue weighted by Gasteiger charge is -2.23. The Morgan fingerprint density at radius 3 is 2.80 bits per heavy atom. The second kappa shape index (κ2) is 4.98. The van der Waals surface area contributed by atoms with Crippen molar-refractivity contribution in [3.63, 3.8) is 0 Å². The fourth-order valence-corrected chi connectivity index (χ4v) is 5.04. The van der Waals surface area contributed by atoms with E-state index < -0.39 is 10.0 Å². The zero-order chi connectivity index (χ0) is 14.3. The number of imidazole rings is 1. The number of sulfonamides is 1. The molecule has 0 spiro atoms. The van der Waals surface area contributed by atoms with Crippen LogP contribution in [0.15, 0.2) is 30.2 Å². The number of hydrogen-bond acceptors (Lipinski definition) is 4. The second-order valence-corrected chi connectivity index (χ2v) is 7.33. The monoisotopic (exact) mass is 296 g/mol. The van der Waals surface area contributed by atoms with Gasteiger partial charge in [0.15, 0.2) is 5.03 Å². The van der Waals surface area contributed by atoms with Crippen molar-refractivity contribution in [2.75, 3.05) is 19.6 Å². The first-order valence-electron chi connectivity index (χ1n) is 6.89. The van der Waals surface area contributed by atoms with Crippen molar-refractivity contribution in [3.8, 4) is 0 Å². The molecule has 3 heterocycles. The molecular weight excluding hydrogens is 276 g/mol. The summed E-state index contributed by atoms with van der Waals surface area (Å²) in [4.78, 5) is 6.33. The van der Waals surface area contributed by atoms with Crippen molar-refractivity contribution in [1.82, 2.24) is 18.8 Å². The Kier molecular flexibility index (Phi) is 3.43. The molecule has 2 aliphatic rings. The van der Waals surface area contributed by atoms with Crippen LogP contribution in [0.3, 0.4) is 0 Å². The van der Waals surface area contributed by atoms with Gasteiger partial charge in [-0.1, -0.05) is 6.08 Å². The number of rotatable bonds is 4. The van der Waals surface area contributed by atoms with Gasteiger partial charge >= 0.3 is 0 Å². The standard InChI is InChI=1S/C13H20N4O2S/c1-3-6-16-7-4-12-11(16)5-8-17(12)20(18,19)13-9-15(2)10-14-13/h3,9-12H,1,4-8H2,2H3/t11-,12+/m1/s1. The van der Waals surface area contributed by atoms with Gasteiger partial charge in [-0.2, -0.15) is 4.31 Å². The first kappa shape index (κ1) is 13.8. The molecule has 0 unspecified atom stereocenters. The number of nitrogens with zero attached hydrogens (tertiary/aromatic N) is 4. The summed E-state index contributed by atoms with van der Waals surface area (Å²) in [7, 11) is -1.68. The Hall–Kier alpha value is -1.18. The van der Waals surface area contributed by atoms with Gasteiger partial charge in [0, 0.05) is 45.0 Å². The molecule has 0 amide bonds. The van der Waals surface area contributed by atoms with Crippen molar-refractivity contribution in [1.29, 1.82) is 0 Å². The lowest BCUT2D eigenvalue weighted by Crippen LogP contribution is -2.39. The quantitative estimate of drug-likeness (QED) is 0.757. The van der Waals surface area contributed by atoms with Gasteiger partial charge in [0.1, 0.15) is 0 Å². The summed E-state index contributed by atoms with van der Waals surface area (Å²) < 4.78 is 28.6. The Bertz CT molecular complexity index is 610. The Balaban J connectivity index is 1.84. The summed E-state index contributed by atoms with van der Waals surface area (Å²) in [6.45, 7) is 6.13. The van der Waals surface area contributed by atoms with E-state index in [0.29, 0.717) is 12.6 Å². The minimum Gasteiger partial charge on any atom is -0.339 e. The maximum absolute atomic E-state index is 12.7. The summed E-state index contributed by atoms with van der Waals surface area (Å²) in [6.07, 6.45) is 6.77. The van der Waals surface area contributed by atoms with Crippen LogP contribution < -0.4 is 0 Å². The van der Waals surface area contributed by atoms with Crippen LogP contribution in [0.4, 0.5) is 0 Å². The van der Waals surface area contributed by atoms with Crippen molar-refractivity contribution in [2.45, 2.75) is 30.0 Å². The van der Waals surface area contributed by atoms with E-state index >= 15 is 0 Å². The first-order valence-corrected chi connectivity index (χ1v) is 8.33. The molecule has 6 nitrogen and oxygen atoms in total. The average Bonchev–Trinajstić information content (AvgIpc) is 3.06. The van der Waals surface area contributed by atoms with E-state index in [1.54, 1.807) is 22.1 Å². The van der Waals surface area contributed by atoms with Crippen molar-refractivity contribution >= 4 is 10.0 Å². The van der Waals surface area contributed by atoms with Crippen LogP contribution in [-0.4, -0.2) is 58.9 Å². The summed E-state index contributed by atoms with van der Waals surface area (Å²) in [6, 6.07) is 0.411. The van der Waals surface area contributed by atoms with Crippen molar-refractivity contribution in [2.24, 2.45) is 7.05 Å². The largest absolute Gasteiger partial charge is 0.339 e. The molecule has 1 aromatic rings. The van der Waals surface area contributed by atoms with Gasteiger partial charge in [0.25, 0.3) is 10.0 Å². The molecule has 110 valence electrons. The minimum absolute atomic E-state index is 0.0851. The number of aryl methyl sites for hydroxylation is 1. The average molecular weight is 296 g/mol. The molecule has 0 aliphatic carbocycles. The van der Waals surface area contributed by atoms with Gasteiger partial charge in [-0.15, -0.1) is 6.58 Å². The van der Waals surface area contributed by atoms with Crippen LogP contribution in [0.2, 0.25) is 0 Å². The van der Waals surface area contributed by atoms with Crippen molar-refractivity contribution in [3.05, 3.63) is 25.2 Å². The van der Waals surface area contributed by atoms with Crippen LogP contribution in [-0.2, 0) is 17.1 Å². The number of hydrogen-bond donors (Lipinski definition) is 0. The molecule has 2 fully saturated rings. The highest BCUT2D eigenvalue weighted by Crippen LogP contribution is 2.34. The lowest BCUT2D eigenvalue weighted by molar-refractivity contribution is 0.273. The van der Waals surface area contributed by atoms with Gasteiger partial charge in [-0.25, -0.2) is 13.4 Å². The predicted octanol–water partition coefficient (Wildman–Crippen LogP) is 0.443. The van der Waals surface area contributed by atoms with Crippen LogP contribution >= 0.6 is 0 Å².